The highest BCUT2D eigenvalue weighted by Crippen LogP contribution is 2.29. The number of anilines is 1. The summed E-state index contributed by atoms with van der Waals surface area (Å²) in [5.41, 5.74) is 7.62. The number of ether oxygens (including phenoxy) is 1. The van der Waals surface area contributed by atoms with E-state index in [-0.39, 0.29) is 41.4 Å². The zero-order valence-electron chi connectivity index (χ0n) is 27.4. The maximum absolute atomic E-state index is 15.4. The van der Waals surface area contributed by atoms with Gasteiger partial charge in [0, 0.05) is 36.8 Å². The number of rotatable bonds is 10. The number of β-amino-alcohol motifs (C(OH)–C–C–N with tert-alkyl or cyclic N) is 1. The van der Waals surface area contributed by atoms with E-state index in [1.807, 2.05) is 27.7 Å². The molecular weight excluding hydrogens is 615 g/mol. The molecule has 0 radical (unpaired) electrons. The van der Waals surface area contributed by atoms with Crippen molar-refractivity contribution >= 4 is 34.0 Å². The van der Waals surface area contributed by atoms with E-state index in [1.54, 1.807) is 41.3 Å². The Morgan fingerprint density at radius 2 is 1.98 bits per heavy atom. The van der Waals surface area contributed by atoms with Crippen molar-refractivity contribution in [3.63, 3.8) is 0 Å². The zero-order chi connectivity index (χ0) is 34.7. The monoisotopic (exact) mass is 654 g/mol. The fraction of sp³-hybridized carbons (Fsp3) is 0.306. The first-order chi connectivity index (χ1) is 22.8. The van der Waals surface area contributed by atoms with Gasteiger partial charge < -0.3 is 25.8 Å². The Balaban J connectivity index is 1.48. The molecule has 12 heteroatoms. The maximum atomic E-state index is 15.4. The van der Waals surface area contributed by atoms with Gasteiger partial charge in [0.15, 0.2) is 0 Å². The molecule has 0 aliphatic carbocycles. The Labute approximate surface area is 277 Å². The van der Waals surface area contributed by atoms with Gasteiger partial charge in [0.2, 0.25) is 0 Å². The number of likely N-dealkylation sites (tertiary alicyclic amines) is 1. The lowest BCUT2D eigenvalue weighted by Gasteiger charge is -2.20. The van der Waals surface area contributed by atoms with E-state index in [2.05, 4.69) is 22.0 Å². The van der Waals surface area contributed by atoms with E-state index in [9.17, 15) is 19.5 Å². The summed E-state index contributed by atoms with van der Waals surface area (Å²) in [6, 6.07) is 11.4. The Kier molecular flexibility index (Phi) is 9.87. The van der Waals surface area contributed by atoms with Crippen molar-refractivity contribution in [2.24, 2.45) is 5.73 Å². The van der Waals surface area contributed by atoms with Gasteiger partial charge in [0.05, 0.1) is 35.5 Å². The normalized spacial score (nSPS) is 15.2. The number of halogens is 1. The number of primary amides is 1. The number of hydrogen-bond donors (Lipinski definition) is 3. The molecule has 48 heavy (non-hydrogen) atoms. The summed E-state index contributed by atoms with van der Waals surface area (Å²) in [7, 11) is 0. The number of nitrogens with zero attached hydrogens (tertiary/aromatic N) is 4. The van der Waals surface area contributed by atoms with Crippen LogP contribution in [0.15, 0.2) is 78.0 Å². The number of nitrogens with two attached hydrogens (primary N) is 1. The van der Waals surface area contributed by atoms with Crippen LogP contribution in [0.5, 0.6) is 0 Å². The first kappa shape index (κ1) is 34.1. The van der Waals surface area contributed by atoms with E-state index in [1.165, 1.54) is 24.5 Å². The topological polar surface area (TPSA) is 153 Å². The molecule has 0 bridgehead atoms. The number of aromatic nitrogens is 3. The Morgan fingerprint density at radius 1 is 1.21 bits per heavy atom. The summed E-state index contributed by atoms with van der Waals surface area (Å²) < 4.78 is 22.3. The molecular formula is C36H39FN6O5. The van der Waals surface area contributed by atoms with E-state index < -0.39 is 23.4 Å². The minimum atomic E-state index is -0.788. The van der Waals surface area contributed by atoms with Gasteiger partial charge in [-0.05, 0) is 71.9 Å². The maximum Gasteiger partial charge on any atom is 0.282 e. The number of benzene rings is 2. The number of fused-ring (bicyclic) bond motifs is 1. The molecule has 0 spiro atoms. The molecule has 1 aliphatic rings. The summed E-state index contributed by atoms with van der Waals surface area (Å²) in [4.78, 5) is 44.8. The number of allylic oxidation sites excluding steroid dienone is 2. The molecule has 2 amide bonds. The second kappa shape index (κ2) is 13.9. The van der Waals surface area contributed by atoms with Crippen LogP contribution in [0.3, 0.4) is 0 Å². The molecule has 1 fully saturated rings. The standard InChI is InChI=1S/C36H39FN6O5/c1-6-48-20-27-26(8-7-9-30(27)43-35(47)32-23(18-40-43)15-24(16-28(32)37)36(3,4)5)21(2)14-29(33(38)45)41-31-11-10-22(17-39-31)34(46)42-13-12-25(44)19-42/h7-11,14-18,25,44H,2,6,12-13,19-20H2,1,3-5H3,(H2,38,45)(H,39,41)/b29-14+. The van der Waals surface area contributed by atoms with Gasteiger partial charge in [-0.15, -0.1) is 0 Å². The lowest BCUT2D eigenvalue weighted by Crippen LogP contribution is -2.29. The Hall–Kier alpha value is -5.20. The largest absolute Gasteiger partial charge is 0.391 e. The summed E-state index contributed by atoms with van der Waals surface area (Å²) in [6.45, 7) is 13.0. The lowest BCUT2D eigenvalue weighted by molar-refractivity contribution is -0.114. The average molecular weight is 655 g/mol. The summed E-state index contributed by atoms with van der Waals surface area (Å²) in [5.74, 6) is -1.41. The molecule has 2 aromatic carbocycles. The molecule has 1 aliphatic heterocycles. The van der Waals surface area contributed by atoms with Gasteiger partial charge in [-0.25, -0.2) is 9.37 Å². The van der Waals surface area contributed by atoms with Crippen LogP contribution in [0, 0.1) is 5.82 Å². The SMILES string of the molecule is C=C(/C=C(/Nc1ccc(C(=O)N2CCC(O)C2)cn1)C(N)=O)c1cccc(-n2ncc3cc(C(C)(C)C)cc(F)c3c2=O)c1COCC. The number of amides is 2. The van der Waals surface area contributed by atoms with Crippen LogP contribution < -0.4 is 16.6 Å². The van der Waals surface area contributed by atoms with Crippen molar-refractivity contribution < 1.29 is 23.8 Å². The summed E-state index contributed by atoms with van der Waals surface area (Å²) in [6.07, 6.45) is 4.29. The number of aliphatic hydroxyl groups excluding tert-OH is 1. The smallest absolute Gasteiger partial charge is 0.282 e. The summed E-state index contributed by atoms with van der Waals surface area (Å²) in [5, 5.41) is 17.4. The fourth-order valence-electron chi connectivity index (χ4n) is 5.53. The van der Waals surface area contributed by atoms with Crippen LogP contribution in [0.4, 0.5) is 10.2 Å². The van der Waals surface area contributed by atoms with Crippen LogP contribution >= 0.6 is 0 Å². The first-order valence-corrected chi connectivity index (χ1v) is 15.6. The lowest BCUT2D eigenvalue weighted by atomic mass is 9.86. The van der Waals surface area contributed by atoms with Gasteiger partial charge in [-0.3, -0.25) is 14.4 Å². The van der Waals surface area contributed by atoms with Crippen LogP contribution in [-0.2, 0) is 21.6 Å². The Morgan fingerprint density at radius 3 is 2.60 bits per heavy atom. The molecule has 1 saturated heterocycles. The molecule has 5 rings (SSSR count). The third kappa shape index (κ3) is 7.19. The molecule has 3 heterocycles. The molecule has 4 N–H and O–H groups in total. The summed E-state index contributed by atoms with van der Waals surface area (Å²) >= 11 is 0. The van der Waals surface area contributed by atoms with E-state index in [4.69, 9.17) is 10.5 Å². The fourth-order valence-corrected chi connectivity index (χ4v) is 5.53. The quantitative estimate of drug-likeness (QED) is 0.168. The number of pyridine rings is 1. The minimum Gasteiger partial charge on any atom is -0.391 e. The third-order valence-corrected chi connectivity index (χ3v) is 8.19. The minimum absolute atomic E-state index is 0.0280. The number of aliphatic hydroxyl groups is 1. The van der Waals surface area contributed by atoms with E-state index in [0.29, 0.717) is 52.9 Å². The van der Waals surface area contributed by atoms with Crippen molar-refractivity contribution in [1.29, 1.82) is 0 Å². The molecule has 2 aromatic heterocycles. The molecule has 11 nitrogen and oxygen atoms in total. The van der Waals surface area contributed by atoms with Crippen molar-refractivity contribution in [3.8, 4) is 5.69 Å². The van der Waals surface area contributed by atoms with E-state index in [0.717, 1.165) is 10.2 Å². The van der Waals surface area contributed by atoms with E-state index >= 15 is 4.39 Å². The van der Waals surface area contributed by atoms with Gasteiger partial charge in [-0.1, -0.05) is 39.5 Å². The van der Waals surface area contributed by atoms with Gasteiger partial charge in [-0.2, -0.15) is 9.78 Å². The van der Waals surface area contributed by atoms with Crippen LogP contribution in [0.1, 0.15) is 61.2 Å². The second-order valence-electron chi connectivity index (χ2n) is 12.7. The highest BCUT2D eigenvalue weighted by molar-refractivity contribution is 5.98. The van der Waals surface area contributed by atoms with Crippen LogP contribution in [0.25, 0.3) is 22.0 Å². The third-order valence-electron chi connectivity index (χ3n) is 8.19. The van der Waals surface area contributed by atoms with Crippen LogP contribution in [-0.4, -0.2) is 62.4 Å². The van der Waals surface area contributed by atoms with Gasteiger partial charge in [0.25, 0.3) is 17.4 Å². The predicted molar refractivity (Wildman–Crippen MR) is 182 cm³/mol. The second-order valence-corrected chi connectivity index (χ2v) is 12.7. The average Bonchev–Trinajstić information content (AvgIpc) is 3.48. The number of carbonyl (C=O) groups is 2. The van der Waals surface area contributed by atoms with Crippen molar-refractivity contribution in [1.82, 2.24) is 19.7 Å². The van der Waals surface area contributed by atoms with Gasteiger partial charge in [0.1, 0.15) is 17.3 Å². The van der Waals surface area contributed by atoms with Crippen molar-refractivity contribution in [2.75, 3.05) is 25.0 Å². The molecule has 1 unspecified atom stereocenters. The highest BCUT2D eigenvalue weighted by Gasteiger charge is 2.26. The number of hydrogen-bond acceptors (Lipinski definition) is 8. The van der Waals surface area contributed by atoms with Crippen LogP contribution in [0.2, 0.25) is 0 Å². The number of carbonyl (C=O) groups excluding carboxylic acids is 2. The predicted octanol–water partition coefficient (Wildman–Crippen LogP) is 4.46. The molecule has 250 valence electrons. The number of nitrogens with one attached hydrogen (secondary N) is 1. The molecule has 1 atom stereocenters. The highest BCUT2D eigenvalue weighted by atomic mass is 19.1. The molecule has 4 aromatic rings. The van der Waals surface area contributed by atoms with Crippen molar-refractivity contribution in [3.05, 3.63) is 112 Å². The zero-order valence-corrected chi connectivity index (χ0v) is 27.4. The van der Waals surface area contributed by atoms with Gasteiger partial charge >= 0.3 is 0 Å². The molecule has 0 saturated carbocycles. The van der Waals surface area contributed by atoms with Crippen molar-refractivity contribution in [2.45, 2.75) is 52.2 Å². The Bertz CT molecular complexity index is 1980. The first-order valence-electron chi connectivity index (χ1n) is 15.6.